The summed E-state index contributed by atoms with van der Waals surface area (Å²) in [5, 5.41) is 2.90. The number of amides is 2. The molecule has 3 aromatic rings. The molecule has 1 heterocycles. The van der Waals surface area contributed by atoms with E-state index < -0.39 is 6.09 Å². The maximum absolute atomic E-state index is 12.5. The molecule has 33 heavy (non-hydrogen) atoms. The number of ether oxygens (including phenoxy) is 2. The molecule has 1 aliphatic heterocycles. The monoisotopic (exact) mass is 442 g/mol. The molecule has 2 aliphatic rings. The van der Waals surface area contributed by atoms with Gasteiger partial charge in [-0.2, -0.15) is 0 Å². The van der Waals surface area contributed by atoms with Gasteiger partial charge >= 0.3 is 12.2 Å². The van der Waals surface area contributed by atoms with E-state index in [2.05, 4.69) is 29.6 Å². The van der Waals surface area contributed by atoms with Gasteiger partial charge in [0.05, 0.1) is 6.04 Å². The van der Waals surface area contributed by atoms with Crippen molar-refractivity contribution in [3.05, 3.63) is 95.6 Å². The third-order valence-electron chi connectivity index (χ3n) is 6.32. The Labute approximate surface area is 193 Å². The fourth-order valence-electron chi connectivity index (χ4n) is 4.66. The van der Waals surface area contributed by atoms with Crippen LogP contribution in [0, 0.1) is 0 Å². The van der Waals surface area contributed by atoms with Gasteiger partial charge in [0.1, 0.15) is 13.2 Å². The van der Waals surface area contributed by atoms with Crippen molar-refractivity contribution >= 4 is 12.2 Å². The predicted molar refractivity (Wildman–Crippen MR) is 125 cm³/mol. The molecule has 1 N–H and O–H groups in total. The van der Waals surface area contributed by atoms with Crippen molar-refractivity contribution in [3.63, 3.8) is 0 Å². The number of nitrogens with one attached hydrogen (secondary N) is 1. The van der Waals surface area contributed by atoms with E-state index in [4.69, 9.17) is 9.47 Å². The van der Waals surface area contributed by atoms with Crippen LogP contribution in [0.15, 0.2) is 78.9 Å². The van der Waals surface area contributed by atoms with Crippen LogP contribution in [-0.4, -0.2) is 42.8 Å². The van der Waals surface area contributed by atoms with E-state index in [0.29, 0.717) is 19.5 Å². The number of carbonyl (C=O) groups is 2. The Morgan fingerprint density at radius 2 is 1.48 bits per heavy atom. The van der Waals surface area contributed by atoms with E-state index in [1.165, 1.54) is 22.3 Å². The third kappa shape index (κ3) is 4.55. The van der Waals surface area contributed by atoms with Crippen LogP contribution in [0.25, 0.3) is 11.1 Å². The van der Waals surface area contributed by atoms with Gasteiger partial charge in [-0.05, 0) is 34.2 Å². The van der Waals surface area contributed by atoms with Crippen LogP contribution < -0.4 is 5.32 Å². The van der Waals surface area contributed by atoms with Gasteiger partial charge in [-0.25, -0.2) is 9.59 Å². The fourth-order valence-corrected chi connectivity index (χ4v) is 4.66. The summed E-state index contributed by atoms with van der Waals surface area (Å²) in [5.41, 5.74) is 5.70. The summed E-state index contributed by atoms with van der Waals surface area (Å²) in [5.74, 6) is 0.0243. The number of rotatable bonds is 5. The minimum atomic E-state index is -0.457. The summed E-state index contributed by atoms with van der Waals surface area (Å²) in [6.07, 6.45) is -0.151. The topological polar surface area (TPSA) is 67.9 Å². The number of benzene rings is 3. The molecule has 1 unspecified atom stereocenters. The molecule has 0 bridgehead atoms. The molecule has 2 amide bonds. The summed E-state index contributed by atoms with van der Waals surface area (Å²) >= 11 is 0. The number of alkyl carbamates (subject to hydrolysis) is 1. The number of carbonyl (C=O) groups excluding carboxylic acids is 2. The highest BCUT2D eigenvalue weighted by Crippen LogP contribution is 2.44. The van der Waals surface area contributed by atoms with Gasteiger partial charge in [0.2, 0.25) is 0 Å². The Morgan fingerprint density at radius 1 is 0.848 bits per heavy atom. The number of hydrogen-bond donors (Lipinski definition) is 1. The first kappa shape index (κ1) is 21.1. The SMILES string of the molecule is O=C(NC1CCN(C(=O)OCc2ccccc2)C1)OCC1c2ccccc2-c2ccccc21. The van der Waals surface area contributed by atoms with Gasteiger partial charge in [-0.3, -0.25) is 0 Å². The maximum atomic E-state index is 12.5. The van der Waals surface area contributed by atoms with Crippen molar-refractivity contribution in [3.8, 4) is 11.1 Å². The van der Waals surface area contributed by atoms with E-state index in [-0.39, 0.29) is 31.3 Å². The van der Waals surface area contributed by atoms with Crippen LogP contribution in [0.4, 0.5) is 9.59 Å². The Morgan fingerprint density at radius 3 is 2.18 bits per heavy atom. The highest BCUT2D eigenvalue weighted by Gasteiger charge is 2.31. The lowest BCUT2D eigenvalue weighted by Crippen LogP contribution is -2.39. The number of nitrogens with zero attached hydrogens (tertiary/aromatic N) is 1. The minimum absolute atomic E-state index is 0.0243. The summed E-state index contributed by atoms with van der Waals surface area (Å²) in [6.45, 7) is 1.47. The van der Waals surface area contributed by atoms with Crippen LogP contribution in [0.5, 0.6) is 0 Å². The molecule has 1 fully saturated rings. The van der Waals surface area contributed by atoms with Crippen molar-refractivity contribution in [1.82, 2.24) is 10.2 Å². The van der Waals surface area contributed by atoms with E-state index in [0.717, 1.165) is 5.56 Å². The van der Waals surface area contributed by atoms with Crippen LogP contribution in [0.1, 0.15) is 29.0 Å². The molecule has 1 aliphatic carbocycles. The van der Waals surface area contributed by atoms with Crippen molar-refractivity contribution < 1.29 is 19.1 Å². The Balaban J connectivity index is 1.12. The molecular formula is C27H26N2O4. The van der Waals surface area contributed by atoms with Crippen molar-refractivity contribution in [1.29, 1.82) is 0 Å². The zero-order valence-electron chi connectivity index (χ0n) is 18.3. The summed E-state index contributed by atoms with van der Waals surface area (Å²) < 4.78 is 11.0. The lowest BCUT2D eigenvalue weighted by atomic mass is 9.98. The Hall–Kier alpha value is -3.80. The van der Waals surface area contributed by atoms with Crippen molar-refractivity contribution in [2.75, 3.05) is 19.7 Å². The van der Waals surface area contributed by atoms with Crippen LogP contribution in [-0.2, 0) is 16.1 Å². The molecule has 0 saturated carbocycles. The molecular weight excluding hydrogens is 416 g/mol. The summed E-state index contributed by atoms with van der Waals surface area (Å²) in [4.78, 5) is 26.5. The summed E-state index contributed by atoms with van der Waals surface area (Å²) in [7, 11) is 0. The second-order valence-corrected chi connectivity index (χ2v) is 8.44. The van der Waals surface area contributed by atoms with Crippen LogP contribution in [0.2, 0.25) is 0 Å². The lowest BCUT2D eigenvalue weighted by molar-refractivity contribution is 0.103. The molecule has 0 spiro atoms. The first-order valence-corrected chi connectivity index (χ1v) is 11.3. The Bertz CT molecular complexity index is 1100. The zero-order valence-corrected chi connectivity index (χ0v) is 18.3. The minimum Gasteiger partial charge on any atom is -0.449 e. The first-order chi connectivity index (χ1) is 16.2. The van der Waals surface area contributed by atoms with E-state index >= 15 is 0 Å². The molecule has 0 aromatic heterocycles. The molecule has 6 nitrogen and oxygen atoms in total. The fraction of sp³-hybridized carbons (Fsp3) is 0.259. The van der Waals surface area contributed by atoms with Crippen molar-refractivity contribution in [2.24, 2.45) is 0 Å². The second-order valence-electron chi connectivity index (χ2n) is 8.44. The second kappa shape index (κ2) is 9.36. The van der Waals surface area contributed by atoms with Gasteiger partial charge in [0.15, 0.2) is 0 Å². The average molecular weight is 443 g/mol. The molecule has 1 saturated heterocycles. The van der Waals surface area contributed by atoms with Crippen LogP contribution in [0.3, 0.4) is 0 Å². The van der Waals surface area contributed by atoms with E-state index in [1.54, 1.807) is 4.90 Å². The van der Waals surface area contributed by atoms with Gasteiger partial charge in [0, 0.05) is 19.0 Å². The van der Waals surface area contributed by atoms with E-state index in [1.807, 2.05) is 54.6 Å². The Kier molecular flexibility index (Phi) is 5.98. The van der Waals surface area contributed by atoms with Gasteiger partial charge < -0.3 is 19.7 Å². The molecule has 1 atom stereocenters. The number of fused-ring (bicyclic) bond motifs is 3. The van der Waals surface area contributed by atoms with Gasteiger partial charge in [-0.1, -0.05) is 78.9 Å². The van der Waals surface area contributed by atoms with Gasteiger partial charge in [0.25, 0.3) is 0 Å². The number of hydrogen-bond acceptors (Lipinski definition) is 4. The molecule has 6 heteroatoms. The average Bonchev–Trinajstić information content (AvgIpc) is 3.45. The zero-order chi connectivity index (χ0) is 22.6. The molecule has 0 radical (unpaired) electrons. The van der Waals surface area contributed by atoms with Crippen LogP contribution >= 0.6 is 0 Å². The first-order valence-electron chi connectivity index (χ1n) is 11.3. The quantitative estimate of drug-likeness (QED) is 0.608. The standard InChI is InChI=1S/C27H26N2O4/c30-26(28-20-14-15-29(16-20)27(31)33-17-19-8-2-1-3-9-19)32-18-25-23-12-6-4-10-21(23)22-11-5-7-13-24(22)25/h1-13,20,25H,14-18H2,(H,28,30). The normalized spacial score (nSPS) is 16.7. The molecule has 168 valence electrons. The largest absolute Gasteiger partial charge is 0.449 e. The predicted octanol–water partition coefficient (Wildman–Crippen LogP) is 4.94. The lowest BCUT2D eigenvalue weighted by Gasteiger charge is -2.18. The molecule has 3 aromatic carbocycles. The maximum Gasteiger partial charge on any atom is 0.410 e. The van der Waals surface area contributed by atoms with E-state index in [9.17, 15) is 9.59 Å². The highest BCUT2D eigenvalue weighted by molar-refractivity contribution is 5.79. The third-order valence-corrected chi connectivity index (χ3v) is 6.32. The smallest absolute Gasteiger partial charge is 0.410 e. The molecule has 5 rings (SSSR count). The van der Waals surface area contributed by atoms with Crippen molar-refractivity contribution in [2.45, 2.75) is 25.0 Å². The highest BCUT2D eigenvalue weighted by atomic mass is 16.6. The number of likely N-dealkylation sites (tertiary alicyclic amines) is 1. The van der Waals surface area contributed by atoms with Gasteiger partial charge in [-0.15, -0.1) is 0 Å². The summed E-state index contributed by atoms with van der Waals surface area (Å²) in [6, 6.07) is 25.9.